The van der Waals surface area contributed by atoms with Gasteiger partial charge in [-0.3, -0.25) is 13.9 Å². The summed E-state index contributed by atoms with van der Waals surface area (Å²) in [5, 5.41) is -0.582. The van der Waals surface area contributed by atoms with E-state index in [0.29, 0.717) is 0 Å². The van der Waals surface area contributed by atoms with Crippen molar-refractivity contribution in [3.8, 4) is 0 Å². The molecule has 254 valence electrons. The molecule has 13 nitrogen and oxygen atoms in total. The van der Waals surface area contributed by atoms with E-state index in [2.05, 4.69) is 25.5 Å². The van der Waals surface area contributed by atoms with Gasteiger partial charge in [-0.25, -0.2) is 13.8 Å². The van der Waals surface area contributed by atoms with Crippen LogP contribution in [0.1, 0.15) is 53.3 Å². The van der Waals surface area contributed by atoms with Gasteiger partial charge >= 0.3 is 11.7 Å². The summed E-state index contributed by atoms with van der Waals surface area (Å²) in [6.45, 7) is 21.6. The SMILES string of the molecule is COC(=O)/C=C/C1=C(N)C2(OS1(=O)=O)C(CO[Si](C)(C)C(C)(C)C)O[C@@H](n1cc(C)c(=O)n(C)c1=O)[C@@H]2O[Si](C)(C)C(C)(C)C. The third-order valence-electron chi connectivity index (χ3n) is 9.63. The lowest BCUT2D eigenvalue weighted by atomic mass is 9.88. The summed E-state index contributed by atoms with van der Waals surface area (Å²) in [5.41, 5.74) is 3.57. The van der Waals surface area contributed by atoms with Crippen molar-refractivity contribution in [2.75, 3.05) is 13.7 Å². The molecule has 2 unspecified atom stereocenters. The van der Waals surface area contributed by atoms with E-state index in [1.807, 2.05) is 47.0 Å². The number of carbonyl (C=O) groups excluding carboxylic acids is 1. The Labute approximate surface area is 267 Å². The van der Waals surface area contributed by atoms with Crippen LogP contribution >= 0.6 is 0 Å². The number of nitrogens with zero attached hydrogens (tertiary/aromatic N) is 2. The lowest BCUT2D eigenvalue weighted by Crippen LogP contribution is -2.59. The Morgan fingerprint density at radius 2 is 1.64 bits per heavy atom. The molecule has 16 heteroatoms. The quantitative estimate of drug-likeness (QED) is 0.185. The molecule has 2 aliphatic heterocycles. The molecule has 1 fully saturated rings. The summed E-state index contributed by atoms with van der Waals surface area (Å²) in [7, 11) is -7.32. The van der Waals surface area contributed by atoms with Crippen LogP contribution in [0.3, 0.4) is 0 Å². The third-order valence-corrected chi connectivity index (χ3v) is 20.0. The first-order valence-corrected chi connectivity index (χ1v) is 22.0. The van der Waals surface area contributed by atoms with E-state index < -0.39 is 72.9 Å². The standard InChI is InChI=1S/C29H49N3O10SSi2/c1-18-16-32(26(35)31(8)24(18)34)25-23(41-45(12,13)28(5,6)7)29(20(40-25)17-39-44(10,11)27(2,3)4)22(30)19(43(36,37)42-29)14-15-21(33)38-9/h14-16,20,23,25H,17,30H2,1-13H3/b15-14+/t20?,23-,25+,29?/m0/s1. The number of carbonyl (C=O) groups is 1. The van der Waals surface area contributed by atoms with Crippen LogP contribution in [-0.2, 0) is 44.5 Å². The minimum atomic E-state index is -4.58. The Balaban J connectivity index is 2.41. The Kier molecular flexibility index (Phi) is 9.92. The number of allylic oxidation sites excluding steroid dienone is 1. The fourth-order valence-electron chi connectivity index (χ4n) is 4.69. The van der Waals surface area contributed by atoms with Gasteiger partial charge in [0.2, 0.25) is 0 Å². The maximum absolute atomic E-state index is 13.7. The highest BCUT2D eigenvalue weighted by atomic mass is 32.2. The molecule has 0 amide bonds. The summed E-state index contributed by atoms with van der Waals surface area (Å²) in [4.78, 5) is 37.7. The van der Waals surface area contributed by atoms with Crippen LogP contribution < -0.4 is 17.0 Å². The zero-order valence-electron chi connectivity index (χ0n) is 28.6. The highest BCUT2D eigenvalue weighted by Crippen LogP contribution is 2.53. The van der Waals surface area contributed by atoms with E-state index in [-0.39, 0.29) is 27.9 Å². The van der Waals surface area contributed by atoms with E-state index in [1.54, 1.807) is 6.92 Å². The second-order valence-electron chi connectivity index (χ2n) is 14.7. The van der Waals surface area contributed by atoms with Crippen molar-refractivity contribution in [1.29, 1.82) is 0 Å². The second-order valence-corrected chi connectivity index (χ2v) is 25.8. The summed E-state index contributed by atoms with van der Waals surface area (Å²) in [6, 6.07) is 0. The maximum atomic E-state index is 13.7. The molecule has 4 atom stereocenters. The summed E-state index contributed by atoms with van der Waals surface area (Å²) in [6.07, 6.45) is -0.432. The van der Waals surface area contributed by atoms with Crippen LogP contribution in [0, 0.1) is 6.92 Å². The van der Waals surface area contributed by atoms with Gasteiger partial charge < -0.3 is 24.1 Å². The average molecular weight is 688 g/mol. The molecule has 1 spiro atoms. The van der Waals surface area contributed by atoms with Crippen molar-refractivity contribution in [2.45, 2.75) is 109 Å². The minimum Gasteiger partial charge on any atom is -0.466 e. The predicted molar refractivity (Wildman–Crippen MR) is 175 cm³/mol. The molecule has 3 rings (SSSR count). The van der Waals surface area contributed by atoms with E-state index >= 15 is 0 Å². The smallest absolute Gasteiger partial charge is 0.332 e. The minimum absolute atomic E-state index is 0.145. The van der Waals surface area contributed by atoms with Crippen molar-refractivity contribution in [3.63, 3.8) is 0 Å². The molecule has 45 heavy (non-hydrogen) atoms. The number of hydrogen-bond acceptors (Lipinski definition) is 11. The molecule has 3 heterocycles. The fraction of sp³-hybridized carbons (Fsp3) is 0.690. The van der Waals surface area contributed by atoms with Crippen molar-refractivity contribution < 1.29 is 35.7 Å². The molecular formula is C29H49N3O10SSi2. The number of rotatable bonds is 8. The maximum Gasteiger partial charge on any atom is 0.332 e. The van der Waals surface area contributed by atoms with Gasteiger partial charge in [0.15, 0.2) is 28.5 Å². The van der Waals surface area contributed by atoms with Gasteiger partial charge in [-0.05, 0) is 49.3 Å². The fourth-order valence-corrected chi connectivity index (χ4v) is 8.38. The molecule has 1 aromatic rings. The van der Waals surface area contributed by atoms with Crippen LogP contribution in [0.15, 0.2) is 38.5 Å². The lowest BCUT2D eigenvalue weighted by molar-refractivity contribution is -0.134. The Morgan fingerprint density at radius 3 is 2.16 bits per heavy atom. The number of ether oxygens (including phenoxy) is 2. The molecular weight excluding hydrogens is 639 g/mol. The first kappa shape index (κ1) is 37.1. The monoisotopic (exact) mass is 687 g/mol. The molecule has 2 aliphatic rings. The van der Waals surface area contributed by atoms with Crippen LogP contribution in [0.25, 0.3) is 0 Å². The van der Waals surface area contributed by atoms with Crippen molar-refractivity contribution in [1.82, 2.24) is 9.13 Å². The molecule has 0 radical (unpaired) electrons. The summed E-state index contributed by atoms with van der Waals surface area (Å²) < 4.78 is 60.3. The first-order chi connectivity index (χ1) is 20.2. The second kappa shape index (κ2) is 12.0. The van der Waals surface area contributed by atoms with Gasteiger partial charge in [0.05, 0.1) is 19.4 Å². The third kappa shape index (κ3) is 6.60. The van der Waals surface area contributed by atoms with E-state index in [1.165, 1.54) is 17.8 Å². The Bertz CT molecular complexity index is 1630. The van der Waals surface area contributed by atoms with Gasteiger partial charge in [-0.15, -0.1) is 0 Å². The Morgan fingerprint density at radius 1 is 1.09 bits per heavy atom. The number of nitrogens with two attached hydrogens (primary N) is 1. The van der Waals surface area contributed by atoms with Gasteiger partial charge in [-0.2, -0.15) is 8.42 Å². The average Bonchev–Trinajstić information content (AvgIpc) is 3.29. The molecule has 2 N–H and O–H groups in total. The lowest BCUT2D eigenvalue weighted by Gasteiger charge is -2.43. The predicted octanol–water partition coefficient (Wildman–Crippen LogP) is 3.16. The molecule has 1 aromatic heterocycles. The molecule has 0 aromatic carbocycles. The Hall–Kier alpha value is -2.35. The van der Waals surface area contributed by atoms with Crippen LogP contribution in [-0.4, -0.2) is 71.7 Å². The van der Waals surface area contributed by atoms with Crippen molar-refractivity contribution in [3.05, 3.63) is 55.4 Å². The summed E-state index contributed by atoms with van der Waals surface area (Å²) in [5.74, 6) is -0.800. The number of esters is 1. The summed E-state index contributed by atoms with van der Waals surface area (Å²) >= 11 is 0. The van der Waals surface area contributed by atoms with Gasteiger partial charge in [0.25, 0.3) is 15.7 Å². The highest BCUT2D eigenvalue weighted by Gasteiger charge is 2.68. The highest BCUT2D eigenvalue weighted by molar-refractivity contribution is 7.91. The number of methoxy groups -OCH3 is 1. The van der Waals surface area contributed by atoms with Crippen LogP contribution in [0.5, 0.6) is 0 Å². The number of aromatic nitrogens is 2. The topological polar surface area (TPSA) is 167 Å². The molecule has 0 bridgehead atoms. The molecule has 1 saturated heterocycles. The van der Waals surface area contributed by atoms with Crippen molar-refractivity contribution in [2.24, 2.45) is 12.8 Å². The van der Waals surface area contributed by atoms with Crippen molar-refractivity contribution >= 4 is 32.7 Å². The molecule has 0 aliphatic carbocycles. The normalized spacial score (nSPS) is 25.9. The van der Waals surface area contributed by atoms with Gasteiger partial charge in [0.1, 0.15) is 17.1 Å². The largest absolute Gasteiger partial charge is 0.466 e. The van der Waals surface area contributed by atoms with Gasteiger partial charge in [0, 0.05) is 24.9 Å². The number of aryl methyl sites for hydroxylation is 1. The first-order valence-electron chi connectivity index (χ1n) is 14.7. The van der Waals surface area contributed by atoms with E-state index in [0.717, 1.165) is 23.8 Å². The van der Waals surface area contributed by atoms with E-state index in [4.69, 9.17) is 23.5 Å². The molecule has 0 saturated carbocycles. The van der Waals surface area contributed by atoms with E-state index in [9.17, 15) is 22.8 Å². The zero-order valence-corrected chi connectivity index (χ0v) is 31.5. The van der Waals surface area contributed by atoms with Crippen LogP contribution in [0.2, 0.25) is 36.3 Å². The van der Waals surface area contributed by atoms with Crippen LogP contribution in [0.4, 0.5) is 0 Å². The number of hydrogen-bond donors (Lipinski definition) is 1. The van der Waals surface area contributed by atoms with Gasteiger partial charge in [-0.1, -0.05) is 41.5 Å². The zero-order chi connectivity index (χ0) is 34.7.